The number of aromatic amines is 1. The van der Waals surface area contributed by atoms with Crippen molar-refractivity contribution in [3.63, 3.8) is 0 Å². The maximum atomic E-state index is 4.00. The summed E-state index contributed by atoms with van der Waals surface area (Å²) in [6, 6.07) is 0.642. The Morgan fingerprint density at radius 3 is 2.88 bits per heavy atom. The number of fused-ring (bicyclic) bond motifs is 2. The number of hydrogen-bond acceptors (Lipinski definition) is 2. The average molecular weight is 233 g/mol. The molecule has 1 unspecified atom stereocenters. The van der Waals surface area contributed by atoms with Gasteiger partial charge in [-0.25, -0.2) is 0 Å². The van der Waals surface area contributed by atoms with Crippen LogP contribution in [0.1, 0.15) is 45.6 Å². The Hall–Kier alpha value is -0.830. The van der Waals surface area contributed by atoms with Crippen LogP contribution in [-0.2, 0) is 6.54 Å². The smallest absolute Gasteiger partial charge is 0.0532 e. The van der Waals surface area contributed by atoms with Gasteiger partial charge in [0, 0.05) is 24.3 Å². The summed E-state index contributed by atoms with van der Waals surface area (Å²) in [5, 5.41) is 10.7. The molecule has 2 N–H and O–H groups in total. The number of nitrogens with one attached hydrogen (secondary N) is 2. The molecule has 0 aromatic carbocycles. The Balaban J connectivity index is 1.74. The average Bonchev–Trinajstić information content (AvgIpc) is 2.90. The topological polar surface area (TPSA) is 40.7 Å². The first-order valence-electron chi connectivity index (χ1n) is 6.73. The lowest BCUT2D eigenvalue weighted by Gasteiger charge is -2.43. The number of rotatable bonds is 3. The van der Waals surface area contributed by atoms with E-state index in [0.29, 0.717) is 16.9 Å². The molecular formula is C14H23N3. The normalized spacial score (nSPS) is 38.8. The van der Waals surface area contributed by atoms with Crippen LogP contribution in [0.15, 0.2) is 12.4 Å². The lowest BCUT2D eigenvalue weighted by molar-refractivity contribution is 0.108. The van der Waals surface area contributed by atoms with Crippen molar-refractivity contribution < 1.29 is 0 Å². The summed E-state index contributed by atoms with van der Waals surface area (Å²) in [7, 11) is 0. The molecule has 3 nitrogen and oxygen atoms in total. The molecule has 0 aliphatic heterocycles. The van der Waals surface area contributed by atoms with Gasteiger partial charge in [-0.2, -0.15) is 5.10 Å². The third-order valence-electron chi connectivity index (χ3n) is 5.33. The van der Waals surface area contributed by atoms with Gasteiger partial charge in [-0.05, 0) is 36.0 Å². The highest BCUT2D eigenvalue weighted by molar-refractivity contribution is 5.13. The van der Waals surface area contributed by atoms with Crippen LogP contribution in [0.4, 0.5) is 0 Å². The monoisotopic (exact) mass is 233 g/mol. The van der Waals surface area contributed by atoms with E-state index in [9.17, 15) is 0 Å². The van der Waals surface area contributed by atoms with Gasteiger partial charge in [-0.3, -0.25) is 5.10 Å². The van der Waals surface area contributed by atoms with E-state index in [0.717, 1.165) is 12.5 Å². The van der Waals surface area contributed by atoms with Gasteiger partial charge < -0.3 is 5.32 Å². The molecule has 0 saturated heterocycles. The fourth-order valence-corrected chi connectivity index (χ4v) is 4.41. The molecule has 3 atom stereocenters. The van der Waals surface area contributed by atoms with Gasteiger partial charge in [0.2, 0.25) is 0 Å². The zero-order chi connectivity index (χ0) is 12.1. The number of aromatic nitrogens is 2. The van der Waals surface area contributed by atoms with Crippen molar-refractivity contribution in [3.05, 3.63) is 18.0 Å². The van der Waals surface area contributed by atoms with E-state index >= 15 is 0 Å². The van der Waals surface area contributed by atoms with Crippen LogP contribution >= 0.6 is 0 Å². The molecule has 2 saturated carbocycles. The van der Waals surface area contributed by atoms with E-state index in [4.69, 9.17) is 0 Å². The van der Waals surface area contributed by atoms with Crippen LogP contribution < -0.4 is 5.32 Å². The van der Waals surface area contributed by atoms with Crippen LogP contribution in [0.3, 0.4) is 0 Å². The first-order chi connectivity index (χ1) is 8.02. The zero-order valence-corrected chi connectivity index (χ0v) is 11.1. The van der Waals surface area contributed by atoms with Crippen molar-refractivity contribution in [3.8, 4) is 0 Å². The molecule has 3 rings (SSSR count). The molecule has 17 heavy (non-hydrogen) atoms. The summed E-state index contributed by atoms with van der Waals surface area (Å²) in [6.07, 6.45) is 8.12. The lowest BCUT2D eigenvalue weighted by atomic mass is 9.68. The second-order valence-corrected chi connectivity index (χ2v) is 6.84. The van der Waals surface area contributed by atoms with Crippen LogP contribution in [-0.4, -0.2) is 16.2 Å². The molecule has 2 fully saturated rings. The van der Waals surface area contributed by atoms with E-state index < -0.39 is 0 Å². The molecular weight excluding hydrogens is 210 g/mol. The van der Waals surface area contributed by atoms with Crippen molar-refractivity contribution in [2.24, 2.45) is 16.7 Å². The molecule has 0 radical (unpaired) electrons. The van der Waals surface area contributed by atoms with Crippen LogP contribution in [0.2, 0.25) is 0 Å². The Morgan fingerprint density at radius 1 is 1.47 bits per heavy atom. The quantitative estimate of drug-likeness (QED) is 0.842. The van der Waals surface area contributed by atoms with Crippen molar-refractivity contribution in [2.75, 3.05) is 0 Å². The number of H-pyrrole nitrogens is 1. The van der Waals surface area contributed by atoms with E-state index in [-0.39, 0.29) is 0 Å². The van der Waals surface area contributed by atoms with Gasteiger partial charge in [-0.15, -0.1) is 0 Å². The highest BCUT2D eigenvalue weighted by Gasteiger charge is 2.58. The van der Waals surface area contributed by atoms with E-state index in [1.165, 1.54) is 24.8 Å². The molecule has 0 amide bonds. The van der Waals surface area contributed by atoms with Gasteiger partial charge in [0.15, 0.2) is 0 Å². The highest BCUT2D eigenvalue weighted by Crippen LogP contribution is 2.62. The highest BCUT2D eigenvalue weighted by atomic mass is 15.1. The maximum Gasteiger partial charge on any atom is 0.0532 e. The number of nitrogens with zero attached hydrogens (tertiary/aromatic N) is 1. The Morgan fingerprint density at radius 2 is 2.29 bits per heavy atom. The minimum Gasteiger partial charge on any atom is -0.309 e. The summed E-state index contributed by atoms with van der Waals surface area (Å²) >= 11 is 0. The lowest BCUT2D eigenvalue weighted by Crippen LogP contribution is -2.49. The van der Waals surface area contributed by atoms with Crippen LogP contribution in [0, 0.1) is 16.7 Å². The van der Waals surface area contributed by atoms with Gasteiger partial charge in [0.05, 0.1) is 6.20 Å². The standard InChI is InChI=1S/C14H23N3/c1-13(2)11-4-5-14(3,6-11)12(13)15-7-10-8-16-17-9-10/h8-9,11-12,15H,4-7H2,1-3H3,(H,16,17)/t11-,12?,14+/m0/s1. The van der Waals surface area contributed by atoms with Crippen molar-refractivity contribution in [2.45, 2.75) is 52.6 Å². The van der Waals surface area contributed by atoms with Gasteiger partial charge in [0.25, 0.3) is 0 Å². The second kappa shape index (κ2) is 3.58. The second-order valence-electron chi connectivity index (χ2n) is 6.84. The predicted molar refractivity (Wildman–Crippen MR) is 68.4 cm³/mol. The molecule has 3 heteroatoms. The third kappa shape index (κ3) is 1.63. The fourth-order valence-electron chi connectivity index (χ4n) is 4.41. The molecule has 2 aliphatic rings. The predicted octanol–water partition coefficient (Wildman–Crippen LogP) is 2.71. The molecule has 1 aromatic rings. The van der Waals surface area contributed by atoms with E-state index in [1.807, 2.05) is 12.4 Å². The zero-order valence-electron chi connectivity index (χ0n) is 11.1. The largest absolute Gasteiger partial charge is 0.309 e. The molecule has 94 valence electrons. The van der Waals surface area contributed by atoms with Crippen molar-refractivity contribution in [1.29, 1.82) is 0 Å². The molecule has 1 heterocycles. The molecule has 1 aromatic heterocycles. The van der Waals surface area contributed by atoms with Gasteiger partial charge in [0.1, 0.15) is 0 Å². The molecule has 2 bridgehead atoms. The maximum absolute atomic E-state index is 4.00. The van der Waals surface area contributed by atoms with Crippen molar-refractivity contribution in [1.82, 2.24) is 15.5 Å². The summed E-state index contributed by atoms with van der Waals surface area (Å²) in [5.41, 5.74) is 2.21. The van der Waals surface area contributed by atoms with Crippen LogP contribution in [0.5, 0.6) is 0 Å². The Bertz CT molecular complexity index is 391. The molecule has 0 spiro atoms. The minimum atomic E-state index is 0.441. The van der Waals surface area contributed by atoms with Crippen molar-refractivity contribution >= 4 is 0 Å². The molecule has 2 aliphatic carbocycles. The van der Waals surface area contributed by atoms with Crippen LogP contribution in [0.25, 0.3) is 0 Å². The van der Waals surface area contributed by atoms with Gasteiger partial charge in [-0.1, -0.05) is 20.8 Å². The third-order valence-corrected chi connectivity index (χ3v) is 5.33. The van der Waals surface area contributed by atoms with E-state index in [2.05, 4.69) is 36.3 Å². The SMILES string of the molecule is CC1(C)C(NCc2cn[nH]c2)[C@]2(C)CC[C@H]1C2. The first kappa shape index (κ1) is 11.3. The Kier molecular flexibility index (Phi) is 2.37. The summed E-state index contributed by atoms with van der Waals surface area (Å²) in [4.78, 5) is 0. The number of hydrogen-bond donors (Lipinski definition) is 2. The minimum absolute atomic E-state index is 0.441. The van der Waals surface area contributed by atoms with E-state index in [1.54, 1.807) is 0 Å². The summed E-state index contributed by atoms with van der Waals surface area (Å²) in [5.74, 6) is 0.911. The summed E-state index contributed by atoms with van der Waals surface area (Å²) in [6.45, 7) is 8.28. The Labute approximate surface area is 103 Å². The van der Waals surface area contributed by atoms with Gasteiger partial charge >= 0.3 is 0 Å². The first-order valence-corrected chi connectivity index (χ1v) is 6.73. The summed E-state index contributed by atoms with van der Waals surface area (Å²) < 4.78 is 0. The fraction of sp³-hybridized carbons (Fsp3) is 0.786.